The van der Waals surface area contributed by atoms with Gasteiger partial charge in [0.05, 0.1) is 17.9 Å². The van der Waals surface area contributed by atoms with Crippen LogP contribution in [-0.2, 0) is 17.9 Å². The Morgan fingerprint density at radius 2 is 1.87 bits per heavy atom. The number of pyridine rings is 1. The van der Waals surface area contributed by atoms with Crippen molar-refractivity contribution in [2.75, 3.05) is 39.3 Å². The zero-order valence-corrected chi connectivity index (χ0v) is 17.9. The van der Waals surface area contributed by atoms with Crippen LogP contribution in [0.2, 0.25) is 0 Å². The van der Waals surface area contributed by atoms with Gasteiger partial charge >= 0.3 is 0 Å². The quantitative estimate of drug-likeness (QED) is 0.761. The van der Waals surface area contributed by atoms with Crippen LogP contribution < -0.4 is 0 Å². The molecular formula is C24H32N4O2. The Balaban J connectivity index is 1.36. The van der Waals surface area contributed by atoms with Crippen LogP contribution in [0.25, 0.3) is 0 Å². The maximum Gasteiger partial charge on any atom is 0.230 e. The summed E-state index contributed by atoms with van der Waals surface area (Å²) in [6, 6.07) is 6.20. The Labute approximate surface area is 178 Å². The predicted molar refractivity (Wildman–Crippen MR) is 114 cm³/mol. The molecule has 1 atom stereocenters. The van der Waals surface area contributed by atoms with Crippen molar-refractivity contribution in [2.45, 2.75) is 39.3 Å². The van der Waals surface area contributed by atoms with Crippen LogP contribution in [0.3, 0.4) is 0 Å². The van der Waals surface area contributed by atoms with Gasteiger partial charge < -0.3 is 9.32 Å². The van der Waals surface area contributed by atoms with Crippen molar-refractivity contribution in [3.8, 4) is 0 Å². The van der Waals surface area contributed by atoms with Gasteiger partial charge in [-0.25, -0.2) is 0 Å². The van der Waals surface area contributed by atoms with Crippen LogP contribution in [-0.4, -0.2) is 64.9 Å². The second-order valence-electron chi connectivity index (χ2n) is 9.41. The minimum absolute atomic E-state index is 0.0864. The Morgan fingerprint density at radius 3 is 2.53 bits per heavy atom. The van der Waals surface area contributed by atoms with E-state index in [1.807, 2.05) is 24.7 Å². The standard InChI is InChI=1S/C24H32N4O2/c1-2-28-12-8-24(22(28)29)19-27(15-20-4-3-9-25-14-20)18-23(24)6-10-26(11-7-23)16-21-5-13-30-17-21/h3-5,9,13-14,17H,2,6-8,10-12,15-16,18-19H2,1H3. The van der Waals surface area contributed by atoms with E-state index in [2.05, 4.69) is 38.7 Å². The molecule has 0 N–H and O–H groups in total. The van der Waals surface area contributed by atoms with Gasteiger partial charge in [-0.1, -0.05) is 6.07 Å². The maximum absolute atomic E-state index is 13.6. The van der Waals surface area contributed by atoms with Crippen molar-refractivity contribution in [3.63, 3.8) is 0 Å². The Bertz CT molecular complexity index is 861. The number of piperidine rings is 1. The van der Waals surface area contributed by atoms with Crippen molar-refractivity contribution in [2.24, 2.45) is 10.8 Å². The summed E-state index contributed by atoms with van der Waals surface area (Å²) in [5.41, 5.74) is 2.34. The van der Waals surface area contributed by atoms with Crippen LogP contribution >= 0.6 is 0 Å². The van der Waals surface area contributed by atoms with E-state index in [9.17, 15) is 4.79 Å². The fraction of sp³-hybridized carbons (Fsp3) is 0.583. The number of hydrogen-bond donors (Lipinski definition) is 0. The molecule has 3 aliphatic heterocycles. The van der Waals surface area contributed by atoms with Crippen LogP contribution in [0.5, 0.6) is 0 Å². The summed E-state index contributed by atoms with van der Waals surface area (Å²) in [5.74, 6) is 0.405. The zero-order chi connectivity index (χ0) is 20.6. The molecule has 0 radical (unpaired) electrons. The Morgan fingerprint density at radius 1 is 1.03 bits per heavy atom. The molecule has 0 saturated carbocycles. The lowest BCUT2D eigenvalue weighted by Gasteiger charge is -2.47. The molecule has 1 unspecified atom stereocenters. The third-order valence-corrected chi connectivity index (χ3v) is 7.85. The number of carbonyl (C=O) groups is 1. The molecule has 30 heavy (non-hydrogen) atoms. The highest BCUT2D eigenvalue weighted by Crippen LogP contribution is 2.58. The molecule has 0 aromatic carbocycles. The maximum atomic E-state index is 13.6. The van der Waals surface area contributed by atoms with Crippen molar-refractivity contribution >= 4 is 5.91 Å². The monoisotopic (exact) mass is 408 g/mol. The van der Waals surface area contributed by atoms with Gasteiger partial charge in [0, 0.05) is 62.6 Å². The summed E-state index contributed by atoms with van der Waals surface area (Å²) >= 11 is 0. The van der Waals surface area contributed by atoms with E-state index in [4.69, 9.17) is 4.42 Å². The molecule has 1 amide bonds. The summed E-state index contributed by atoms with van der Waals surface area (Å²) in [4.78, 5) is 25.1. The predicted octanol–water partition coefficient (Wildman–Crippen LogP) is 3.01. The molecule has 3 fully saturated rings. The van der Waals surface area contributed by atoms with E-state index in [1.54, 1.807) is 6.26 Å². The fourth-order valence-electron chi connectivity index (χ4n) is 6.24. The van der Waals surface area contributed by atoms with Crippen molar-refractivity contribution in [1.29, 1.82) is 0 Å². The highest BCUT2D eigenvalue weighted by Gasteiger charge is 2.64. The number of aromatic nitrogens is 1. The SMILES string of the molecule is CCN1CCC2(CN(Cc3cccnc3)CC23CCN(Cc2ccoc2)CC3)C1=O. The Kier molecular flexibility index (Phi) is 5.15. The van der Waals surface area contributed by atoms with Crippen molar-refractivity contribution < 1.29 is 9.21 Å². The zero-order valence-electron chi connectivity index (χ0n) is 17.9. The Hall–Kier alpha value is -2.18. The second-order valence-corrected chi connectivity index (χ2v) is 9.41. The van der Waals surface area contributed by atoms with Crippen molar-refractivity contribution in [3.05, 3.63) is 54.2 Å². The number of hydrogen-bond acceptors (Lipinski definition) is 5. The first-order valence-corrected chi connectivity index (χ1v) is 11.3. The molecule has 3 aliphatic rings. The molecule has 5 rings (SSSR count). The average Bonchev–Trinajstić information content (AvgIpc) is 3.46. The van der Waals surface area contributed by atoms with Gasteiger partial charge in [0.15, 0.2) is 0 Å². The van der Waals surface area contributed by atoms with Crippen LogP contribution in [0.4, 0.5) is 0 Å². The highest BCUT2D eigenvalue weighted by atomic mass is 16.3. The average molecular weight is 409 g/mol. The molecule has 6 heteroatoms. The first kappa shape index (κ1) is 19.8. The minimum atomic E-state index is -0.215. The third kappa shape index (κ3) is 3.26. The van der Waals surface area contributed by atoms with Gasteiger partial charge in [-0.3, -0.25) is 19.6 Å². The smallest absolute Gasteiger partial charge is 0.230 e. The second kappa shape index (κ2) is 7.82. The van der Waals surface area contributed by atoms with E-state index in [0.717, 1.165) is 71.6 Å². The third-order valence-electron chi connectivity index (χ3n) is 7.85. The first-order chi connectivity index (χ1) is 14.6. The first-order valence-electron chi connectivity index (χ1n) is 11.3. The summed E-state index contributed by atoms with van der Waals surface area (Å²) in [7, 11) is 0. The molecule has 2 aromatic heterocycles. The number of carbonyl (C=O) groups excluding carboxylic acids is 1. The lowest BCUT2D eigenvalue weighted by atomic mass is 9.60. The van der Waals surface area contributed by atoms with Gasteiger partial charge in [-0.05, 0) is 57.0 Å². The largest absolute Gasteiger partial charge is 0.472 e. The van der Waals surface area contributed by atoms with Gasteiger partial charge in [0.25, 0.3) is 0 Å². The van der Waals surface area contributed by atoms with Gasteiger partial charge in [0.1, 0.15) is 0 Å². The van der Waals surface area contributed by atoms with E-state index in [1.165, 1.54) is 11.1 Å². The van der Waals surface area contributed by atoms with E-state index < -0.39 is 0 Å². The van der Waals surface area contributed by atoms with Gasteiger partial charge in [-0.2, -0.15) is 0 Å². The molecule has 160 valence electrons. The summed E-state index contributed by atoms with van der Waals surface area (Å²) in [6.45, 7) is 9.68. The van der Waals surface area contributed by atoms with Crippen molar-refractivity contribution in [1.82, 2.24) is 19.7 Å². The number of rotatable bonds is 5. The number of fused-ring (bicyclic) bond motifs is 1. The molecule has 2 aromatic rings. The fourth-order valence-corrected chi connectivity index (χ4v) is 6.24. The number of nitrogens with zero attached hydrogens (tertiary/aromatic N) is 4. The molecule has 6 nitrogen and oxygen atoms in total. The summed E-state index contributed by atoms with van der Waals surface area (Å²) < 4.78 is 5.25. The number of likely N-dealkylation sites (tertiary alicyclic amines) is 3. The summed E-state index contributed by atoms with van der Waals surface area (Å²) in [5, 5.41) is 0. The lowest BCUT2D eigenvalue weighted by Crippen LogP contribution is -2.52. The molecule has 5 heterocycles. The number of furan rings is 1. The van der Waals surface area contributed by atoms with Gasteiger partial charge in [0.2, 0.25) is 5.91 Å². The molecule has 0 bridgehead atoms. The van der Waals surface area contributed by atoms with Gasteiger partial charge in [-0.15, -0.1) is 0 Å². The number of amides is 1. The highest BCUT2D eigenvalue weighted by molar-refractivity contribution is 5.86. The van der Waals surface area contributed by atoms with E-state index >= 15 is 0 Å². The normalized spacial score (nSPS) is 27.0. The molecular weight excluding hydrogens is 376 g/mol. The topological polar surface area (TPSA) is 52.8 Å². The minimum Gasteiger partial charge on any atom is -0.472 e. The van der Waals surface area contributed by atoms with Crippen LogP contribution in [0, 0.1) is 10.8 Å². The molecule has 2 spiro atoms. The van der Waals surface area contributed by atoms with E-state index in [-0.39, 0.29) is 10.8 Å². The van der Waals surface area contributed by atoms with Crippen LogP contribution in [0.15, 0.2) is 47.5 Å². The summed E-state index contributed by atoms with van der Waals surface area (Å²) in [6.07, 6.45) is 10.6. The molecule has 3 saturated heterocycles. The molecule has 0 aliphatic carbocycles. The van der Waals surface area contributed by atoms with E-state index in [0.29, 0.717) is 5.91 Å². The lowest BCUT2D eigenvalue weighted by molar-refractivity contribution is -0.142. The van der Waals surface area contributed by atoms with Crippen LogP contribution in [0.1, 0.15) is 37.3 Å².